The highest BCUT2D eigenvalue weighted by Gasteiger charge is 2.61. The normalized spacial score (nSPS) is 45.9. The molecule has 1 N–H and O–H groups in total. The largest absolute Gasteiger partial charge is 0.423 e. The molecule has 0 aromatic heterocycles. The first-order chi connectivity index (χ1) is 15.3. The molecule has 5 aliphatic rings. The Labute approximate surface area is 200 Å². The molecule has 180 valence electrons. The van der Waals surface area contributed by atoms with E-state index in [1.54, 1.807) is 11.1 Å². The summed E-state index contributed by atoms with van der Waals surface area (Å²) in [4.78, 5) is 11.9. The van der Waals surface area contributed by atoms with Gasteiger partial charge in [-0.05, 0) is 108 Å². The van der Waals surface area contributed by atoms with Gasteiger partial charge in [0.15, 0.2) is 0 Å². The minimum absolute atomic E-state index is 0.0284. The summed E-state index contributed by atoms with van der Waals surface area (Å²) in [5.41, 5.74) is 4.34. The van der Waals surface area contributed by atoms with Gasteiger partial charge >= 0.3 is 5.97 Å². The van der Waals surface area contributed by atoms with Crippen LogP contribution in [0, 0.1) is 39.4 Å². The predicted octanol–water partition coefficient (Wildman–Crippen LogP) is 6.90. The third-order valence-electron chi connectivity index (χ3n) is 11.4. The molecule has 2 fully saturated rings. The van der Waals surface area contributed by atoms with Crippen molar-refractivity contribution in [2.24, 2.45) is 39.4 Å². The molecule has 0 bridgehead atoms. The van der Waals surface area contributed by atoms with Gasteiger partial charge in [-0.25, -0.2) is 4.79 Å². The molecule has 2 saturated carbocycles. The average molecular weight is 451 g/mol. The Morgan fingerprint density at radius 1 is 1.12 bits per heavy atom. The van der Waals surface area contributed by atoms with Crippen molar-refractivity contribution in [3.05, 3.63) is 46.8 Å². The number of carbonyl (C=O) groups excluding carboxylic acids is 1. The smallest absolute Gasteiger partial charge is 0.339 e. The van der Waals surface area contributed by atoms with Crippen LogP contribution in [0.1, 0.15) is 87.0 Å². The molecule has 1 aliphatic heterocycles. The number of rotatable bonds is 2. The number of ether oxygens (including phenoxy) is 1. The summed E-state index contributed by atoms with van der Waals surface area (Å²) in [6, 6.07) is 0. The zero-order valence-electron chi connectivity index (χ0n) is 21.6. The van der Waals surface area contributed by atoms with Gasteiger partial charge in [-0.3, -0.25) is 0 Å². The van der Waals surface area contributed by atoms with E-state index in [0.717, 1.165) is 25.7 Å². The van der Waals surface area contributed by atoms with E-state index in [4.69, 9.17) is 4.74 Å². The number of aliphatic hydroxyl groups excluding tert-OH is 1. The molecule has 0 saturated heterocycles. The van der Waals surface area contributed by atoms with E-state index in [2.05, 4.69) is 59.8 Å². The summed E-state index contributed by atoms with van der Waals surface area (Å²) in [5.74, 6) is 1.93. The molecule has 0 radical (unpaired) electrons. The van der Waals surface area contributed by atoms with Crippen LogP contribution in [0.2, 0.25) is 0 Å². The van der Waals surface area contributed by atoms with E-state index < -0.39 is 0 Å². The van der Waals surface area contributed by atoms with Gasteiger partial charge in [-0.15, -0.1) is 0 Å². The van der Waals surface area contributed by atoms with Crippen LogP contribution in [0.4, 0.5) is 0 Å². The molecular formula is C30H42O3. The molecule has 1 heterocycles. The summed E-state index contributed by atoms with van der Waals surface area (Å²) in [6.07, 6.45) is 15.6. The van der Waals surface area contributed by atoms with Gasteiger partial charge in [-0.2, -0.15) is 0 Å². The molecule has 0 amide bonds. The minimum Gasteiger partial charge on any atom is -0.423 e. The van der Waals surface area contributed by atoms with Gasteiger partial charge in [0.25, 0.3) is 0 Å². The maximum Gasteiger partial charge on any atom is 0.339 e. The van der Waals surface area contributed by atoms with Crippen molar-refractivity contribution in [3.8, 4) is 0 Å². The van der Waals surface area contributed by atoms with Gasteiger partial charge in [0, 0.05) is 5.57 Å². The van der Waals surface area contributed by atoms with Crippen molar-refractivity contribution in [2.75, 3.05) is 0 Å². The molecule has 4 aliphatic carbocycles. The zero-order chi connectivity index (χ0) is 24.0. The predicted molar refractivity (Wildman–Crippen MR) is 132 cm³/mol. The Hall–Kier alpha value is -1.61. The summed E-state index contributed by atoms with van der Waals surface area (Å²) in [6.45, 7) is 16.2. The number of aliphatic hydroxyl groups is 1. The number of carbonyl (C=O) groups is 1. The Bertz CT molecular complexity index is 1010. The first-order valence-electron chi connectivity index (χ1n) is 13.1. The Balaban J connectivity index is 1.47. The van der Waals surface area contributed by atoms with E-state index in [1.165, 1.54) is 12.8 Å². The van der Waals surface area contributed by atoms with Crippen molar-refractivity contribution < 1.29 is 14.6 Å². The maximum atomic E-state index is 11.9. The number of hydrogen-bond donors (Lipinski definition) is 1. The third kappa shape index (κ3) is 3.00. The van der Waals surface area contributed by atoms with Crippen LogP contribution in [0.25, 0.3) is 0 Å². The SMILES string of the molecule is CC1=CC(=CC(C)C2(C)CC=C3C4=CCC5C(C)(C)C(O)CCC5(C)C4CCC32C)OC1=O. The van der Waals surface area contributed by atoms with Crippen LogP contribution in [0.3, 0.4) is 0 Å². The van der Waals surface area contributed by atoms with E-state index in [1.807, 2.05) is 13.0 Å². The highest BCUT2D eigenvalue weighted by Crippen LogP contribution is 2.70. The average Bonchev–Trinajstić information content (AvgIpc) is 3.21. The van der Waals surface area contributed by atoms with Gasteiger partial charge in [0.2, 0.25) is 0 Å². The molecular weight excluding hydrogens is 408 g/mol. The number of esters is 1. The van der Waals surface area contributed by atoms with Crippen LogP contribution < -0.4 is 0 Å². The van der Waals surface area contributed by atoms with Crippen LogP contribution in [-0.2, 0) is 9.53 Å². The molecule has 0 aromatic carbocycles. The van der Waals surface area contributed by atoms with Gasteiger partial charge in [0.1, 0.15) is 5.76 Å². The van der Waals surface area contributed by atoms with Gasteiger partial charge in [0.05, 0.1) is 6.10 Å². The molecule has 7 unspecified atom stereocenters. The van der Waals surface area contributed by atoms with E-state index in [-0.39, 0.29) is 33.7 Å². The van der Waals surface area contributed by atoms with E-state index in [0.29, 0.717) is 29.1 Å². The maximum absolute atomic E-state index is 11.9. The Kier molecular flexibility index (Phi) is 5.05. The Morgan fingerprint density at radius 2 is 1.85 bits per heavy atom. The summed E-state index contributed by atoms with van der Waals surface area (Å²) in [5, 5.41) is 10.8. The Morgan fingerprint density at radius 3 is 2.52 bits per heavy atom. The van der Waals surface area contributed by atoms with Crippen LogP contribution in [0.5, 0.6) is 0 Å². The lowest BCUT2D eigenvalue weighted by Crippen LogP contribution is -2.56. The molecule has 3 nitrogen and oxygen atoms in total. The third-order valence-corrected chi connectivity index (χ3v) is 11.4. The summed E-state index contributed by atoms with van der Waals surface area (Å²) in [7, 11) is 0. The van der Waals surface area contributed by atoms with Crippen molar-refractivity contribution in [3.63, 3.8) is 0 Å². The van der Waals surface area contributed by atoms with Crippen molar-refractivity contribution in [1.82, 2.24) is 0 Å². The lowest BCUT2D eigenvalue weighted by molar-refractivity contribution is -0.133. The van der Waals surface area contributed by atoms with Crippen molar-refractivity contribution >= 4 is 5.97 Å². The van der Waals surface area contributed by atoms with Crippen molar-refractivity contribution in [2.45, 2.75) is 93.1 Å². The first kappa shape index (κ1) is 23.1. The van der Waals surface area contributed by atoms with Crippen molar-refractivity contribution in [1.29, 1.82) is 0 Å². The molecule has 7 atom stereocenters. The molecule has 0 spiro atoms. The fraction of sp³-hybridized carbons (Fsp3) is 0.700. The zero-order valence-corrected chi connectivity index (χ0v) is 21.6. The first-order valence-corrected chi connectivity index (χ1v) is 13.1. The fourth-order valence-corrected chi connectivity index (χ4v) is 8.64. The van der Waals surface area contributed by atoms with Gasteiger partial charge in [-0.1, -0.05) is 53.7 Å². The second-order valence-corrected chi connectivity index (χ2v) is 13.1. The number of hydrogen-bond acceptors (Lipinski definition) is 3. The quantitative estimate of drug-likeness (QED) is 0.466. The summed E-state index contributed by atoms with van der Waals surface area (Å²) >= 11 is 0. The highest BCUT2D eigenvalue weighted by molar-refractivity contribution is 5.92. The lowest BCUT2D eigenvalue weighted by Gasteiger charge is -2.62. The second kappa shape index (κ2) is 7.20. The lowest BCUT2D eigenvalue weighted by atomic mass is 9.43. The highest BCUT2D eigenvalue weighted by atomic mass is 16.5. The number of fused-ring (bicyclic) bond motifs is 5. The van der Waals surface area contributed by atoms with Gasteiger partial charge < -0.3 is 9.84 Å². The van der Waals surface area contributed by atoms with E-state index >= 15 is 0 Å². The molecule has 33 heavy (non-hydrogen) atoms. The molecule has 3 heteroatoms. The monoisotopic (exact) mass is 450 g/mol. The fourth-order valence-electron chi connectivity index (χ4n) is 8.64. The molecule has 5 rings (SSSR count). The number of cyclic esters (lactones) is 1. The van der Waals surface area contributed by atoms with Crippen LogP contribution in [-0.4, -0.2) is 17.2 Å². The summed E-state index contributed by atoms with van der Waals surface area (Å²) < 4.78 is 5.48. The van der Waals surface area contributed by atoms with E-state index in [9.17, 15) is 9.90 Å². The van der Waals surface area contributed by atoms with Crippen LogP contribution in [0.15, 0.2) is 46.8 Å². The topological polar surface area (TPSA) is 46.5 Å². The standard InChI is InChI=1S/C30H42O3/c1-18-16-20(33-26(18)32)17-19(2)29(6)14-11-23-21-8-9-24-27(3,4)25(31)12-13-28(24,5)22(21)10-15-30(23,29)7/h8,11,16-17,19,22,24-25,31H,9-10,12-15H2,1-7H3. The second-order valence-electron chi connectivity index (χ2n) is 13.1. The number of allylic oxidation sites excluding steroid dienone is 6. The van der Waals surface area contributed by atoms with Crippen LogP contribution >= 0.6 is 0 Å². The molecule has 0 aromatic rings. The minimum atomic E-state index is -0.216.